The molecular weight excluding hydrogens is 261 g/mol. The van der Waals surface area contributed by atoms with Crippen LogP contribution in [0.3, 0.4) is 0 Å². The van der Waals surface area contributed by atoms with Crippen LogP contribution in [0.15, 0.2) is 48.8 Å². The van der Waals surface area contributed by atoms with E-state index in [0.29, 0.717) is 18.2 Å². The summed E-state index contributed by atoms with van der Waals surface area (Å²) < 4.78 is 12.7. The van der Waals surface area contributed by atoms with E-state index in [1.165, 1.54) is 12.1 Å². The fraction of sp³-hybridized carbons (Fsp3) is 0.143. The van der Waals surface area contributed by atoms with Gasteiger partial charge >= 0.3 is 0 Å². The maximum atomic E-state index is 12.7. The number of hydrogen-bond donors (Lipinski definition) is 2. The predicted octanol–water partition coefficient (Wildman–Crippen LogP) is 2.39. The third kappa shape index (κ3) is 4.63. The van der Waals surface area contributed by atoms with E-state index in [0.717, 1.165) is 11.1 Å². The van der Waals surface area contributed by atoms with Crippen LogP contribution in [0, 0.1) is 5.82 Å². The molecule has 2 N–H and O–H groups in total. The molecule has 5 heteroatoms. The Morgan fingerprint density at radius 3 is 2.37 bits per heavy atom. The lowest BCUT2D eigenvalue weighted by molar-refractivity contribution is 0.626. The van der Waals surface area contributed by atoms with E-state index >= 15 is 0 Å². The summed E-state index contributed by atoms with van der Waals surface area (Å²) in [4.78, 5) is 4.03. The molecule has 0 aliphatic heterocycles. The van der Waals surface area contributed by atoms with Gasteiger partial charge < -0.3 is 10.6 Å². The van der Waals surface area contributed by atoms with Crippen molar-refractivity contribution in [3.05, 3.63) is 65.7 Å². The summed E-state index contributed by atoms with van der Waals surface area (Å²) >= 11 is 5.16. The maximum absolute atomic E-state index is 12.7. The van der Waals surface area contributed by atoms with Crippen LogP contribution >= 0.6 is 12.2 Å². The lowest BCUT2D eigenvalue weighted by atomic mass is 10.2. The Bertz CT molecular complexity index is 528. The number of pyridine rings is 1. The summed E-state index contributed by atoms with van der Waals surface area (Å²) in [7, 11) is 0. The molecule has 2 aromatic rings. The van der Waals surface area contributed by atoms with E-state index in [1.807, 2.05) is 12.1 Å². The van der Waals surface area contributed by atoms with Crippen molar-refractivity contribution in [1.29, 1.82) is 0 Å². The molecule has 0 bridgehead atoms. The molecule has 0 aliphatic carbocycles. The van der Waals surface area contributed by atoms with E-state index in [4.69, 9.17) is 12.2 Å². The van der Waals surface area contributed by atoms with Crippen molar-refractivity contribution in [2.45, 2.75) is 13.1 Å². The van der Waals surface area contributed by atoms with Gasteiger partial charge in [0.15, 0.2) is 5.11 Å². The van der Waals surface area contributed by atoms with E-state index in [2.05, 4.69) is 15.6 Å². The fourth-order valence-electron chi connectivity index (χ4n) is 1.53. The summed E-state index contributed by atoms with van der Waals surface area (Å²) in [5, 5.41) is 6.72. The van der Waals surface area contributed by atoms with Gasteiger partial charge in [0, 0.05) is 25.5 Å². The van der Waals surface area contributed by atoms with Crippen molar-refractivity contribution >= 4 is 17.3 Å². The van der Waals surface area contributed by atoms with Gasteiger partial charge in [0.05, 0.1) is 0 Å². The standard InChI is InChI=1S/C14H14FN3S/c15-13-5-3-11(4-6-13)9-17-14(19)18-10-12-2-1-7-16-8-12/h1-8H,9-10H2,(H2,17,18,19). The van der Waals surface area contributed by atoms with E-state index in [-0.39, 0.29) is 5.82 Å². The number of nitrogens with zero attached hydrogens (tertiary/aromatic N) is 1. The summed E-state index contributed by atoms with van der Waals surface area (Å²) in [6.45, 7) is 1.20. The average Bonchev–Trinajstić information content (AvgIpc) is 2.45. The first-order valence-electron chi connectivity index (χ1n) is 5.89. The zero-order valence-corrected chi connectivity index (χ0v) is 11.1. The number of rotatable bonds is 4. The molecule has 0 atom stereocenters. The Morgan fingerprint density at radius 2 is 1.74 bits per heavy atom. The molecule has 98 valence electrons. The smallest absolute Gasteiger partial charge is 0.166 e. The molecular formula is C14H14FN3S. The minimum absolute atomic E-state index is 0.235. The number of halogens is 1. The van der Waals surface area contributed by atoms with Crippen molar-refractivity contribution in [2.75, 3.05) is 0 Å². The first-order chi connectivity index (χ1) is 9.24. The van der Waals surface area contributed by atoms with E-state index in [1.54, 1.807) is 24.5 Å². The molecule has 0 fully saturated rings. The quantitative estimate of drug-likeness (QED) is 0.840. The number of nitrogens with one attached hydrogen (secondary N) is 2. The predicted molar refractivity (Wildman–Crippen MR) is 76.9 cm³/mol. The molecule has 0 aliphatic rings. The molecule has 0 spiro atoms. The molecule has 1 heterocycles. The molecule has 0 amide bonds. The molecule has 2 rings (SSSR count). The lowest BCUT2D eigenvalue weighted by Crippen LogP contribution is -2.34. The Morgan fingerprint density at radius 1 is 1.05 bits per heavy atom. The van der Waals surface area contributed by atoms with Gasteiger partial charge in [-0.2, -0.15) is 0 Å². The van der Waals surface area contributed by atoms with Gasteiger partial charge in [0.1, 0.15) is 5.82 Å². The Hall–Kier alpha value is -2.01. The maximum Gasteiger partial charge on any atom is 0.166 e. The molecule has 0 saturated carbocycles. The SMILES string of the molecule is Fc1ccc(CNC(=S)NCc2cccnc2)cc1. The van der Waals surface area contributed by atoms with Crippen LogP contribution in [-0.2, 0) is 13.1 Å². The second-order valence-corrected chi connectivity index (χ2v) is 4.43. The van der Waals surface area contributed by atoms with Gasteiger partial charge in [0.25, 0.3) is 0 Å². The van der Waals surface area contributed by atoms with Crippen molar-refractivity contribution < 1.29 is 4.39 Å². The Balaban J connectivity index is 1.74. The van der Waals surface area contributed by atoms with Gasteiger partial charge in [-0.3, -0.25) is 4.98 Å². The number of thiocarbonyl (C=S) groups is 1. The first-order valence-corrected chi connectivity index (χ1v) is 6.30. The summed E-state index contributed by atoms with van der Waals surface area (Å²) in [6.07, 6.45) is 3.52. The van der Waals surface area contributed by atoms with Crippen LogP contribution in [0.4, 0.5) is 4.39 Å². The summed E-state index contributed by atoms with van der Waals surface area (Å²) in [6, 6.07) is 10.2. The van der Waals surface area contributed by atoms with Gasteiger partial charge in [-0.1, -0.05) is 18.2 Å². The average molecular weight is 275 g/mol. The minimum Gasteiger partial charge on any atom is -0.359 e. The molecule has 19 heavy (non-hydrogen) atoms. The van der Waals surface area contributed by atoms with Crippen LogP contribution in [0.2, 0.25) is 0 Å². The normalized spacial score (nSPS) is 9.95. The molecule has 1 aromatic heterocycles. The van der Waals surface area contributed by atoms with Crippen LogP contribution in [0.25, 0.3) is 0 Å². The first kappa shape index (κ1) is 13.4. The third-order valence-corrected chi connectivity index (χ3v) is 2.83. The number of benzene rings is 1. The van der Waals surface area contributed by atoms with Gasteiger partial charge in [-0.25, -0.2) is 4.39 Å². The zero-order chi connectivity index (χ0) is 13.5. The summed E-state index contributed by atoms with van der Waals surface area (Å²) in [5.41, 5.74) is 2.04. The topological polar surface area (TPSA) is 37.0 Å². The van der Waals surface area contributed by atoms with Gasteiger partial charge in [-0.15, -0.1) is 0 Å². The monoisotopic (exact) mass is 275 g/mol. The van der Waals surface area contributed by atoms with Crippen LogP contribution < -0.4 is 10.6 Å². The third-order valence-electron chi connectivity index (χ3n) is 2.54. The second-order valence-electron chi connectivity index (χ2n) is 4.02. The van der Waals surface area contributed by atoms with Gasteiger partial charge in [-0.05, 0) is 41.5 Å². The highest BCUT2D eigenvalue weighted by Crippen LogP contribution is 2.02. The molecule has 0 saturated heterocycles. The molecule has 1 aromatic carbocycles. The second kappa shape index (κ2) is 6.80. The van der Waals surface area contributed by atoms with Crippen LogP contribution in [0.1, 0.15) is 11.1 Å². The minimum atomic E-state index is -0.235. The van der Waals surface area contributed by atoms with Crippen molar-refractivity contribution in [3.8, 4) is 0 Å². The van der Waals surface area contributed by atoms with Crippen molar-refractivity contribution in [2.24, 2.45) is 0 Å². The molecule has 0 radical (unpaired) electrons. The lowest BCUT2D eigenvalue weighted by Gasteiger charge is -2.10. The van der Waals surface area contributed by atoms with Crippen molar-refractivity contribution in [1.82, 2.24) is 15.6 Å². The van der Waals surface area contributed by atoms with Crippen LogP contribution in [-0.4, -0.2) is 10.1 Å². The van der Waals surface area contributed by atoms with Crippen LogP contribution in [0.5, 0.6) is 0 Å². The van der Waals surface area contributed by atoms with Gasteiger partial charge in [0.2, 0.25) is 0 Å². The van der Waals surface area contributed by atoms with E-state index < -0.39 is 0 Å². The molecule has 0 unspecified atom stereocenters. The highest BCUT2D eigenvalue weighted by atomic mass is 32.1. The van der Waals surface area contributed by atoms with Crippen molar-refractivity contribution in [3.63, 3.8) is 0 Å². The largest absolute Gasteiger partial charge is 0.359 e. The number of aromatic nitrogens is 1. The van der Waals surface area contributed by atoms with E-state index in [9.17, 15) is 4.39 Å². The highest BCUT2D eigenvalue weighted by Gasteiger charge is 1.98. The molecule has 3 nitrogen and oxygen atoms in total. The number of hydrogen-bond acceptors (Lipinski definition) is 2. The fourth-order valence-corrected chi connectivity index (χ4v) is 1.68. The Kier molecular flexibility index (Phi) is 4.80. The Labute approximate surface area is 116 Å². The zero-order valence-electron chi connectivity index (χ0n) is 10.3. The summed E-state index contributed by atoms with van der Waals surface area (Å²) in [5.74, 6) is -0.235. The highest BCUT2D eigenvalue weighted by molar-refractivity contribution is 7.80.